The molecule has 1 fully saturated rings. The number of aryl methyl sites for hydroxylation is 2. The van der Waals surface area contributed by atoms with Gasteiger partial charge in [-0.25, -0.2) is 0 Å². The number of benzene rings is 1. The second kappa shape index (κ2) is 8.71. The van der Waals surface area contributed by atoms with E-state index in [2.05, 4.69) is 5.32 Å². The molecule has 1 aromatic carbocycles. The van der Waals surface area contributed by atoms with Gasteiger partial charge in [-0.05, 0) is 38.0 Å². The van der Waals surface area contributed by atoms with Gasteiger partial charge in [-0.2, -0.15) is 0 Å². The number of thiophene rings is 2. The van der Waals surface area contributed by atoms with Gasteiger partial charge in [0.25, 0.3) is 11.8 Å². The highest BCUT2D eigenvalue weighted by Gasteiger charge is 2.28. The van der Waals surface area contributed by atoms with Crippen molar-refractivity contribution in [3.63, 3.8) is 0 Å². The predicted octanol–water partition coefficient (Wildman–Crippen LogP) is 5.13. The van der Waals surface area contributed by atoms with Crippen molar-refractivity contribution in [1.29, 1.82) is 0 Å². The van der Waals surface area contributed by atoms with Crippen LogP contribution in [0.15, 0.2) is 36.4 Å². The average molecular weight is 441 g/mol. The Morgan fingerprint density at radius 3 is 2.37 bits per heavy atom. The fourth-order valence-corrected chi connectivity index (χ4v) is 5.80. The number of anilines is 1. The Bertz CT molecular complexity index is 1080. The van der Waals surface area contributed by atoms with Crippen LogP contribution in [-0.2, 0) is 4.74 Å². The molecule has 30 heavy (non-hydrogen) atoms. The zero-order valence-corrected chi connectivity index (χ0v) is 18.9. The van der Waals surface area contributed by atoms with E-state index in [0.29, 0.717) is 42.4 Å². The smallest absolute Gasteiger partial charge is 0.257 e. The molecule has 1 saturated heterocycles. The lowest BCUT2D eigenvalue weighted by Gasteiger charge is -2.27. The van der Waals surface area contributed by atoms with Crippen LogP contribution < -0.4 is 5.32 Å². The van der Waals surface area contributed by atoms with Crippen molar-refractivity contribution in [3.05, 3.63) is 62.8 Å². The van der Waals surface area contributed by atoms with E-state index in [4.69, 9.17) is 4.74 Å². The monoisotopic (exact) mass is 440 g/mol. The standard InChI is InChI=1S/C23H24N2O3S2/c1-14-13-18(16(3)29-14)21(26)24-22-19(23(27)25-9-11-28-12-10-25)15(2)20(30-22)17-7-5-4-6-8-17/h4-8,13H,9-12H2,1-3H3,(H,24,26). The van der Waals surface area contributed by atoms with Gasteiger partial charge in [-0.15, -0.1) is 22.7 Å². The minimum Gasteiger partial charge on any atom is -0.378 e. The number of nitrogens with zero attached hydrogens (tertiary/aromatic N) is 1. The summed E-state index contributed by atoms with van der Waals surface area (Å²) in [6.45, 7) is 8.09. The zero-order chi connectivity index (χ0) is 21.3. The molecule has 3 aromatic rings. The number of hydrogen-bond donors (Lipinski definition) is 1. The zero-order valence-electron chi connectivity index (χ0n) is 17.3. The average Bonchev–Trinajstić information content (AvgIpc) is 3.27. The van der Waals surface area contributed by atoms with Crippen LogP contribution in [0.5, 0.6) is 0 Å². The third kappa shape index (κ3) is 4.05. The SMILES string of the molecule is Cc1cc(C(=O)Nc2sc(-c3ccccc3)c(C)c2C(=O)N2CCOCC2)c(C)s1. The van der Waals surface area contributed by atoms with Crippen molar-refractivity contribution in [2.75, 3.05) is 31.6 Å². The summed E-state index contributed by atoms with van der Waals surface area (Å²) in [5.74, 6) is -0.225. The Balaban J connectivity index is 1.74. The summed E-state index contributed by atoms with van der Waals surface area (Å²) in [7, 11) is 0. The van der Waals surface area contributed by atoms with Gasteiger partial charge in [-0.1, -0.05) is 30.3 Å². The van der Waals surface area contributed by atoms with E-state index in [1.165, 1.54) is 11.3 Å². The second-order valence-corrected chi connectivity index (χ2v) is 9.79. The Hall–Kier alpha value is -2.48. The summed E-state index contributed by atoms with van der Waals surface area (Å²) in [5, 5.41) is 3.65. The van der Waals surface area contributed by atoms with E-state index in [1.54, 1.807) is 11.3 Å². The van der Waals surface area contributed by atoms with Crippen LogP contribution in [-0.4, -0.2) is 43.0 Å². The first-order valence-corrected chi connectivity index (χ1v) is 11.5. The lowest BCUT2D eigenvalue weighted by molar-refractivity contribution is 0.0303. The Morgan fingerprint density at radius 2 is 1.73 bits per heavy atom. The molecule has 1 aliphatic rings. The lowest BCUT2D eigenvalue weighted by Crippen LogP contribution is -2.41. The Kier molecular flexibility index (Phi) is 6.04. The maximum Gasteiger partial charge on any atom is 0.257 e. The molecule has 5 nitrogen and oxygen atoms in total. The highest BCUT2D eigenvalue weighted by Crippen LogP contribution is 2.41. The molecule has 0 saturated carbocycles. The number of hydrogen-bond acceptors (Lipinski definition) is 5. The van der Waals surface area contributed by atoms with Crippen molar-refractivity contribution < 1.29 is 14.3 Å². The van der Waals surface area contributed by atoms with E-state index in [9.17, 15) is 9.59 Å². The van der Waals surface area contributed by atoms with Gasteiger partial charge in [0.1, 0.15) is 5.00 Å². The molecule has 3 heterocycles. The number of nitrogens with one attached hydrogen (secondary N) is 1. The highest BCUT2D eigenvalue weighted by atomic mass is 32.1. The molecule has 0 atom stereocenters. The first kappa shape index (κ1) is 20.8. The van der Waals surface area contributed by atoms with Gasteiger partial charge in [0, 0.05) is 27.7 Å². The molecule has 1 N–H and O–H groups in total. The van der Waals surface area contributed by atoms with Crippen molar-refractivity contribution in [2.45, 2.75) is 20.8 Å². The van der Waals surface area contributed by atoms with Gasteiger partial charge in [0.15, 0.2) is 0 Å². The number of carbonyl (C=O) groups excluding carboxylic acids is 2. The maximum atomic E-state index is 13.4. The molecule has 7 heteroatoms. The molecule has 2 amide bonds. The molecule has 156 valence electrons. The third-order valence-electron chi connectivity index (χ3n) is 5.21. The van der Waals surface area contributed by atoms with Crippen LogP contribution in [0.2, 0.25) is 0 Å². The minimum absolute atomic E-state index is 0.0530. The third-order valence-corrected chi connectivity index (χ3v) is 7.43. The summed E-state index contributed by atoms with van der Waals surface area (Å²) in [5.41, 5.74) is 3.18. The van der Waals surface area contributed by atoms with E-state index < -0.39 is 0 Å². The van der Waals surface area contributed by atoms with Crippen molar-refractivity contribution in [3.8, 4) is 10.4 Å². The number of carbonyl (C=O) groups is 2. The minimum atomic E-state index is -0.172. The van der Waals surface area contributed by atoms with Crippen LogP contribution in [0.25, 0.3) is 10.4 Å². The van der Waals surface area contributed by atoms with E-state index >= 15 is 0 Å². The van der Waals surface area contributed by atoms with Crippen LogP contribution >= 0.6 is 22.7 Å². The first-order chi connectivity index (χ1) is 14.5. The molecule has 0 spiro atoms. The van der Waals surface area contributed by atoms with Crippen LogP contribution in [0.1, 0.15) is 36.0 Å². The molecule has 1 aliphatic heterocycles. The van der Waals surface area contributed by atoms with Gasteiger partial charge < -0.3 is 15.0 Å². The highest BCUT2D eigenvalue weighted by molar-refractivity contribution is 7.20. The molecule has 0 bridgehead atoms. The molecule has 2 aromatic heterocycles. The normalized spacial score (nSPS) is 14.0. The summed E-state index contributed by atoms with van der Waals surface area (Å²) in [6, 6.07) is 11.9. The molecule has 4 rings (SSSR count). The van der Waals surface area contributed by atoms with Gasteiger partial charge in [-0.3, -0.25) is 9.59 Å². The molecular weight excluding hydrogens is 416 g/mol. The number of ether oxygens (including phenoxy) is 1. The fraction of sp³-hybridized carbons (Fsp3) is 0.304. The van der Waals surface area contributed by atoms with E-state index in [0.717, 1.165) is 25.8 Å². The summed E-state index contributed by atoms with van der Waals surface area (Å²) in [4.78, 5) is 31.3. The Labute approximate surface area is 184 Å². The van der Waals surface area contributed by atoms with Gasteiger partial charge in [0.2, 0.25) is 0 Å². The van der Waals surface area contributed by atoms with E-state index in [1.807, 2.05) is 62.1 Å². The number of morpholine rings is 1. The molecular formula is C23H24N2O3S2. The van der Waals surface area contributed by atoms with Crippen molar-refractivity contribution in [2.24, 2.45) is 0 Å². The fourth-order valence-electron chi connectivity index (χ4n) is 3.68. The van der Waals surface area contributed by atoms with Crippen molar-refractivity contribution >= 4 is 39.5 Å². The van der Waals surface area contributed by atoms with Crippen molar-refractivity contribution in [1.82, 2.24) is 4.90 Å². The van der Waals surface area contributed by atoms with Crippen LogP contribution in [0.4, 0.5) is 5.00 Å². The lowest BCUT2D eigenvalue weighted by atomic mass is 10.1. The van der Waals surface area contributed by atoms with Crippen LogP contribution in [0, 0.1) is 20.8 Å². The number of amides is 2. The Morgan fingerprint density at radius 1 is 1.03 bits per heavy atom. The summed E-state index contributed by atoms with van der Waals surface area (Å²) in [6.07, 6.45) is 0. The number of rotatable bonds is 4. The summed E-state index contributed by atoms with van der Waals surface area (Å²) >= 11 is 3.06. The quantitative estimate of drug-likeness (QED) is 0.612. The molecule has 0 radical (unpaired) electrons. The summed E-state index contributed by atoms with van der Waals surface area (Å²) < 4.78 is 5.40. The first-order valence-electron chi connectivity index (χ1n) is 9.90. The topological polar surface area (TPSA) is 58.6 Å². The van der Waals surface area contributed by atoms with Gasteiger partial charge >= 0.3 is 0 Å². The predicted molar refractivity (Wildman–Crippen MR) is 123 cm³/mol. The molecule has 0 aliphatic carbocycles. The molecule has 0 unspecified atom stereocenters. The largest absolute Gasteiger partial charge is 0.378 e. The van der Waals surface area contributed by atoms with Crippen LogP contribution in [0.3, 0.4) is 0 Å². The second-order valence-electron chi connectivity index (χ2n) is 7.31. The van der Waals surface area contributed by atoms with Gasteiger partial charge in [0.05, 0.1) is 24.3 Å². The van der Waals surface area contributed by atoms with E-state index in [-0.39, 0.29) is 11.8 Å². The maximum absolute atomic E-state index is 13.4.